The van der Waals surface area contributed by atoms with Gasteiger partial charge in [-0.2, -0.15) is 5.10 Å². The summed E-state index contributed by atoms with van der Waals surface area (Å²) in [5.74, 6) is 1.33. The van der Waals surface area contributed by atoms with Gasteiger partial charge >= 0.3 is 0 Å². The molecule has 2 rings (SSSR count). The van der Waals surface area contributed by atoms with Gasteiger partial charge in [0.2, 0.25) is 0 Å². The Labute approximate surface area is 103 Å². The Kier molecular flexibility index (Phi) is 3.97. The fourth-order valence-electron chi connectivity index (χ4n) is 2.88. The molecule has 0 spiro atoms. The van der Waals surface area contributed by atoms with Crippen LogP contribution in [-0.2, 0) is 7.05 Å². The number of Topliss-reactive ketones (excluding diaryl/α,β-unsaturated/α-hetero) is 1. The van der Waals surface area contributed by atoms with Gasteiger partial charge in [0, 0.05) is 19.2 Å². The van der Waals surface area contributed by atoms with Gasteiger partial charge in [0.1, 0.15) is 5.69 Å². The second-order valence-corrected chi connectivity index (χ2v) is 5.25. The number of carbonyl (C=O) groups excluding carboxylic acids is 1. The summed E-state index contributed by atoms with van der Waals surface area (Å²) in [7, 11) is 1.86. The summed E-state index contributed by atoms with van der Waals surface area (Å²) in [6.07, 6.45) is 8.98. The van der Waals surface area contributed by atoms with Crippen LogP contribution in [0.15, 0.2) is 12.3 Å². The maximum atomic E-state index is 12.2. The molecule has 0 unspecified atom stereocenters. The van der Waals surface area contributed by atoms with Crippen molar-refractivity contribution in [1.29, 1.82) is 0 Å². The highest BCUT2D eigenvalue weighted by molar-refractivity contribution is 5.96. The van der Waals surface area contributed by atoms with Gasteiger partial charge in [0.05, 0.1) is 0 Å². The molecule has 94 valence electrons. The van der Waals surface area contributed by atoms with Crippen LogP contribution in [0.3, 0.4) is 0 Å². The van der Waals surface area contributed by atoms with Crippen LogP contribution in [-0.4, -0.2) is 15.6 Å². The monoisotopic (exact) mass is 234 g/mol. The molecule has 1 aliphatic carbocycles. The van der Waals surface area contributed by atoms with E-state index in [1.54, 1.807) is 4.68 Å². The fraction of sp³-hybridized carbons (Fsp3) is 0.714. The lowest BCUT2D eigenvalue weighted by Gasteiger charge is -2.26. The molecule has 1 aromatic heterocycles. The summed E-state index contributed by atoms with van der Waals surface area (Å²) in [5.41, 5.74) is 0.645. The van der Waals surface area contributed by atoms with Gasteiger partial charge in [-0.1, -0.05) is 19.8 Å². The van der Waals surface area contributed by atoms with Crippen LogP contribution in [0.2, 0.25) is 0 Å². The van der Waals surface area contributed by atoms with Gasteiger partial charge in [-0.25, -0.2) is 0 Å². The van der Waals surface area contributed by atoms with Crippen molar-refractivity contribution in [2.45, 2.75) is 45.4 Å². The Morgan fingerprint density at radius 1 is 1.41 bits per heavy atom. The summed E-state index contributed by atoms with van der Waals surface area (Å²) < 4.78 is 1.70. The van der Waals surface area contributed by atoms with Crippen LogP contribution >= 0.6 is 0 Å². The lowest BCUT2D eigenvalue weighted by atomic mass is 9.78. The van der Waals surface area contributed by atoms with E-state index in [2.05, 4.69) is 12.0 Å². The van der Waals surface area contributed by atoms with Gasteiger partial charge < -0.3 is 0 Å². The molecular formula is C14H22N2O. The van der Waals surface area contributed by atoms with Crippen LogP contribution in [0.1, 0.15) is 55.9 Å². The number of ketones is 1. The third-order valence-electron chi connectivity index (χ3n) is 3.88. The van der Waals surface area contributed by atoms with E-state index in [0.29, 0.717) is 5.69 Å². The largest absolute Gasteiger partial charge is 0.292 e. The summed E-state index contributed by atoms with van der Waals surface area (Å²) in [6, 6.07) is 1.83. The molecule has 1 fully saturated rings. The molecule has 0 amide bonds. The van der Waals surface area contributed by atoms with E-state index in [1.165, 1.54) is 25.7 Å². The first-order chi connectivity index (χ1) is 8.20. The second kappa shape index (κ2) is 5.48. The number of hydrogen-bond acceptors (Lipinski definition) is 2. The number of nitrogens with zero attached hydrogens (tertiary/aromatic N) is 2. The van der Waals surface area contributed by atoms with Gasteiger partial charge in [-0.05, 0) is 37.7 Å². The first-order valence-electron chi connectivity index (χ1n) is 6.74. The molecule has 0 bridgehead atoms. The quantitative estimate of drug-likeness (QED) is 0.750. The van der Waals surface area contributed by atoms with Gasteiger partial charge in [-0.3, -0.25) is 9.48 Å². The van der Waals surface area contributed by atoms with Crippen molar-refractivity contribution in [1.82, 2.24) is 9.78 Å². The number of carbonyl (C=O) groups is 1. The van der Waals surface area contributed by atoms with Crippen LogP contribution in [0.25, 0.3) is 0 Å². The summed E-state index contributed by atoms with van der Waals surface area (Å²) in [5, 5.41) is 4.21. The number of hydrogen-bond donors (Lipinski definition) is 0. The van der Waals surface area contributed by atoms with E-state index >= 15 is 0 Å². The van der Waals surface area contributed by atoms with Crippen LogP contribution in [0.5, 0.6) is 0 Å². The highest BCUT2D eigenvalue weighted by Crippen LogP contribution is 2.32. The average molecular weight is 234 g/mol. The minimum absolute atomic E-state index is 0.220. The minimum Gasteiger partial charge on any atom is -0.292 e. The molecule has 1 heterocycles. The molecule has 0 radical (unpaired) electrons. The SMILES string of the molecule is CCCC1CCC(C(=O)c2ccn(C)n2)CC1. The maximum Gasteiger partial charge on any atom is 0.186 e. The predicted octanol–water partition coefficient (Wildman–Crippen LogP) is 3.21. The van der Waals surface area contributed by atoms with Crippen molar-refractivity contribution in [3.8, 4) is 0 Å². The molecule has 0 N–H and O–H groups in total. The van der Waals surface area contributed by atoms with E-state index in [1.807, 2.05) is 19.3 Å². The Hall–Kier alpha value is -1.12. The molecule has 17 heavy (non-hydrogen) atoms. The molecule has 1 saturated carbocycles. The second-order valence-electron chi connectivity index (χ2n) is 5.25. The lowest BCUT2D eigenvalue weighted by Crippen LogP contribution is -2.22. The normalized spacial score (nSPS) is 24.8. The standard InChI is InChI=1S/C14H22N2O/c1-3-4-11-5-7-12(8-6-11)14(17)13-9-10-16(2)15-13/h9-12H,3-8H2,1-2H3. The maximum absolute atomic E-state index is 12.2. The summed E-state index contributed by atoms with van der Waals surface area (Å²) >= 11 is 0. The van der Waals surface area contributed by atoms with Gasteiger partial charge in [-0.15, -0.1) is 0 Å². The number of aryl methyl sites for hydroxylation is 1. The van der Waals surface area contributed by atoms with E-state index in [0.717, 1.165) is 18.8 Å². The third-order valence-corrected chi connectivity index (χ3v) is 3.88. The van der Waals surface area contributed by atoms with Crippen molar-refractivity contribution in [3.05, 3.63) is 18.0 Å². The Bertz CT molecular complexity index is 375. The van der Waals surface area contributed by atoms with E-state index in [-0.39, 0.29) is 11.7 Å². The molecular weight excluding hydrogens is 212 g/mol. The van der Waals surface area contributed by atoms with Crippen molar-refractivity contribution in [2.75, 3.05) is 0 Å². The van der Waals surface area contributed by atoms with Crippen LogP contribution < -0.4 is 0 Å². The highest BCUT2D eigenvalue weighted by Gasteiger charge is 2.27. The average Bonchev–Trinajstić information content (AvgIpc) is 2.76. The van der Waals surface area contributed by atoms with Gasteiger partial charge in [0.15, 0.2) is 5.78 Å². The van der Waals surface area contributed by atoms with E-state index < -0.39 is 0 Å². The predicted molar refractivity (Wildman–Crippen MR) is 67.9 cm³/mol. The first kappa shape index (κ1) is 12.3. The topological polar surface area (TPSA) is 34.9 Å². The van der Waals surface area contributed by atoms with E-state index in [9.17, 15) is 4.79 Å². The number of rotatable bonds is 4. The van der Waals surface area contributed by atoms with E-state index in [4.69, 9.17) is 0 Å². The zero-order chi connectivity index (χ0) is 12.3. The molecule has 1 aromatic rings. The first-order valence-corrected chi connectivity index (χ1v) is 6.74. The van der Waals surface area contributed by atoms with Crippen molar-refractivity contribution in [2.24, 2.45) is 18.9 Å². The van der Waals surface area contributed by atoms with Crippen LogP contribution in [0.4, 0.5) is 0 Å². The molecule has 1 aliphatic rings. The molecule has 0 aliphatic heterocycles. The zero-order valence-electron chi connectivity index (χ0n) is 10.9. The third kappa shape index (κ3) is 2.96. The van der Waals surface area contributed by atoms with Crippen molar-refractivity contribution in [3.63, 3.8) is 0 Å². The van der Waals surface area contributed by atoms with Crippen molar-refractivity contribution < 1.29 is 4.79 Å². The molecule has 0 aromatic carbocycles. The van der Waals surface area contributed by atoms with Crippen molar-refractivity contribution >= 4 is 5.78 Å². The highest BCUT2D eigenvalue weighted by atomic mass is 16.1. The summed E-state index contributed by atoms with van der Waals surface area (Å²) in [4.78, 5) is 12.2. The van der Waals surface area contributed by atoms with Gasteiger partial charge in [0.25, 0.3) is 0 Å². The fourth-order valence-corrected chi connectivity index (χ4v) is 2.88. The smallest absolute Gasteiger partial charge is 0.186 e. The molecule has 0 atom stereocenters. The lowest BCUT2D eigenvalue weighted by molar-refractivity contribution is 0.0864. The molecule has 3 nitrogen and oxygen atoms in total. The summed E-state index contributed by atoms with van der Waals surface area (Å²) in [6.45, 7) is 2.24. The molecule has 3 heteroatoms. The Morgan fingerprint density at radius 2 is 2.12 bits per heavy atom. The Morgan fingerprint density at radius 3 is 2.65 bits per heavy atom. The zero-order valence-corrected chi connectivity index (χ0v) is 10.9. The molecule has 0 saturated heterocycles. The van der Waals surface area contributed by atoms with Crippen LogP contribution in [0, 0.1) is 11.8 Å². The Balaban J connectivity index is 1.90. The number of aromatic nitrogens is 2. The minimum atomic E-state index is 0.220.